The van der Waals surface area contributed by atoms with Crippen molar-refractivity contribution in [3.63, 3.8) is 0 Å². The van der Waals surface area contributed by atoms with Crippen LogP contribution in [0.3, 0.4) is 0 Å². The number of hydrogen-bond acceptors (Lipinski definition) is 6. The van der Waals surface area contributed by atoms with Gasteiger partial charge in [-0.15, -0.1) is 0 Å². The molecule has 0 spiro atoms. The maximum Gasteiger partial charge on any atom is 0.921 e. The Bertz CT molecular complexity index is 519. The van der Waals surface area contributed by atoms with E-state index in [0.29, 0.717) is 37.7 Å². The van der Waals surface area contributed by atoms with Crippen molar-refractivity contribution in [1.29, 1.82) is 0 Å². The summed E-state index contributed by atoms with van der Waals surface area (Å²) in [7, 11) is -9.15. The van der Waals surface area contributed by atoms with Crippen LogP contribution >= 0.6 is 22.1 Å². The van der Waals surface area contributed by atoms with Crippen molar-refractivity contribution in [2.45, 2.75) is 98.6 Å². The van der Waals surface area contributed by atoms with Crippen molar-refractivity contribution >= 4 is 37.3 Å². The average molecular weight is 474 g/mol. The fourth-order valence-corrected chi connectivity index (χ4v) is 15.6. The summed E-state index contributed by atoms with van der Waals surface area (Å²) in [6.07, 6.45) is 3.12. The highest BCUT2D eigenvalue weighted by Gasteiger charge is 2.50. The Hall–Kier alpha value is 1.10. The third-order valence-electron chi connectivity index (χ3n) is 5.90. The molecule has 0 aromatic carbocycles. The lowest BCUT2D eigenvalue weighted by Gasteiger charge is -2.32. The van der Waals surface area contributed by atoms with Gasteiger partial charge < -0.3 is 10.7 Å². The minimum absolute atomic E-state index is 0.158. The molecule has 0 bridgehead atoms. The van der Waals surface area contributed by atoms with Crippen LogP contribution in [0.15, 0.2) is 0 Å². The Labute approximate surface area is 178 Å². The van der Waals surface area contributed by atoms with E-state index in [1.807, 2.05) is 62.3 Å². The van der Waals surface area contributed by atoms with Gasteiger partial charge in [-0.1, -0.05) is 62.3 Å². The first-order chi connectivity index (χ1) is 12.9. The van der Waals surface area contributed by atoms with Crippen LogP contribution < -0.4 is 0 Å². The normalized spacial score (nSPS) is 21.8. The van der Waals surface area contributed by atoms with Crippen molar-refractivity contribution in [3.8, 4) is 0 Å². The fraction of sp³-hybridized carbons (Fsp3) is 1.00. The second-order valence-corrected chi connectivity index (χ2v) is 19.5. The molecule has 0 saturated carbocycles. The van der Waals surface area contributed by atoms with E-state index >= 15 is 0 Å². The van der Waals surface area contributed by atoms with Crippen LogP contribution in [0, 0.1) is 0 Å². The van der Waals surface area contributed by atoms with E-state index in [-0.39, 0.29) is 17.0 Å². The molecule has 0 fully saturated rings. The molecule has 6 unspecified atom stereocenters. The molecule has 6 nitrogen and oxygen atoms in total. The third kappa shape index (κ3) is 7.66. The molecule has 28 heavy (non-hydrogen) atoms. The molecule has 0 aliphatic carbocycles. The van der Waals surface area contributed by atoms with Gasteiger partial charge in [0, 0.05) is 35.5 Å². The maximum atomic E-state index is 13.4. The first kappa shape index (κ1) is 29.1. The molecule has 0 aliphatic heterocycles. The van der Waals surface area contributed by atoms with Gasteiger partial charge in [-0.25, -0.2) is 0 Å². The van der Waals surface area contributed by atoms with Gasteiger partial charge in [0.1, 0.15) is 0 Å². The molecule has 0 aromatic heterocycles. The Kier molecular flexibility index (Phi) is 13.3. The van der Waals surface area contributed by atoms with Gasteiger partial charge in [-0.05, 0) is 19.3 Å². The minimum atomic E-state index is -3.16. The summed E-state index contributed by atoms with van der Waals surface area (Å²) in [6, 6.07) is 0. The van der Waals surface area contributed by atoms with Crippen molar-refractivity contribution in [1.82, 2.24) is 0 Å². The van der Waals surface area contributed by atoms with Crippen LogP contribution in [0.25, 0.3) is 0 Å². The monoisotopic (exact) mass is 474 g/mol. The largest absolute Gasteiger partial charge is 0.921 e. The zero-order valence-electron chi connectivity index (χ0n) is 19.3. The molecule has 0 heterocycles. The quantitative estimate of drug-likeness (QED) is 0.183. The highest BCUT2D eigenvalue weighted by Crippen LogP contribution is 2.61. The molecular formula is C18H42AlO6P3. The zero-order valence-corrected chi connectivity index (χ0v) is 23.2. The molecule has 0 aromatic rings. The van der Waals surface area contributed by atoms with Crippen molar-refractivity contribution in [2.75, 3.05) is 18.5 Å². The van der Waals surface area contributed by atoms with Crippen LogP contribution in [0.5, 0.6) is 0 Å². The van der Waals surface area contributed by atoms with Gasteiger partial charge in [0.15, 0.2) is 22.1 Å². The Morgan fingerprint density at radius 2 is 0.786 bits per heavy atom. The van der Waals surface area contributed by atoms with Crippen molar-refractivity contribution in [3.05, 3.63) is 0 Å². The van der Waals surface area contributed by atoms with E-state index in [1.54, 1.807) is 0 Å². The fourth-order valence-electron chi connectivity index (χ4n) is 2.80. The van der Waals surface area contributed by atoms with Crippen LogP contribution in [-0.4, -0.2) is 50.6 Å². The van der Waals surface area contributed by atoms with E-state index in [1.165, 1.54) is 0 Å². The van der Waals surface area contributed by atoms with E-state index in [2.05, 4.69) is 0 Å². The standard InChI is InChI=1S/3C6H15O2P.Al/c3*1-4-6(3)9(7,8)5-2;/h3*6H,4-5H2,1-3H3,(H,7,8);/q;;;+3/p-3. The van der Waals surface area contributed by atoms with Crippen LogP contribution in [0.1, 0.15) is 81.6 Å². The second-order valence-electron chi connectivity index (χ2n) is 7.50. The average Bonchev–Trinajstić information content (AvgIpc) is 2.70. The van der Waals surface area contributed by atoms with Gasteiger partial charge in [0.05, 0.1) is 0 Å². The van der Waals surface area contributed by atoms with E-state index in [9.17, 15) is 13.7 Å². The topological polar surface area (TPSA) is 78.9 Å². The van der Waals surface area contributed by atoms with E-state index in [4.69, 9.17) is 10.7 Å². The predicted molar refractivity (Wildman–Crippen MR) is 123 cm³/mol. The highest BCUT2D eigenvalue weighted by atomic mass is 31.2. The molecule has 0 aliphatic rings. The molecule has 0 radical (unpaired) electrons. The molecular weight excluding hydrogens is 432 g/mol. The molecule has 0 rings (SSSR count). The summed E-state index contributed by atoms with van der Waals surface area (Å²) < 4.78 is 58.4. The summed E-state index contributed by atoms with van der Waals surface area (Å²) in [5, 5.41) is 0. The van der Waals surface area contributed by atoms with Crippen LogP contribution in [0.4, 0.5) is 0 Å². The van der Waals surface area contributed by atoms with Gasteiger partial charge in [-0.3, -0.25) is 13.7 Å². The maximum absolute atomic E-state index is 13.4. The lowest BCUT2D eigenvalue weighted by Crippen LogP contribution is -2.30. The summed E-state index contributed by atoms with van der Waals surface area (Å²) in [4.78, 5) is 0. The minimum Gasteiger partial charge on any atom is -0.405 e. The molecule has 0 N–H and O–H groups in total. The predicted octanol–water partition coefficient (Wildman–Crippen LogP) is 7.31. The van der Waals surface area contributed by atoms with Crippen LogP contribution in [0.2, 0.25) is 0 Å². The van der Waals surface area contributed by atoms with Crippen molar-refractivity contribution in [2.24, 2.45) is 0 Å². The number of hydrogen-bond donors (Lipinski definition) is 0. The summed E-state index contributed by atoms with van der Waals surface area (Å²) in [6.45, 7) is 17.0. The van der Waals surface area contributed by atoms with E-state index < -0.39 is 37.3 Å². The first-order valence-corrected chi connectivity index (χ1v) is 17.8. The summed E-state index contributed by atoms with van der Waals surface area (Å²) in [5.41, 5.74) is -0.475. The van der Waals surface area contributed by atoms with E-state index in [0.717, 1.165) is 0 Å². The SMILES string of the molecule is CCC(C)P(=O)(CC)[O][Al]([O]P(=O)(CC)C(C)CC)[O]P(=O)(CC)C(C)CC. The summed E-state index contributed by atoms with van der Waals surface area (Å²) in [5.74, 6) is 0. The Morgan fingerprint density at radius 1 is 0.571 bits per heavy atom. The molecule has 168 valence electrons. The van der Waals surface area contributed by atoms with Crippen molar-refractivity contribution < 1.29 is 24.4 Å². The smallest absolute Gasteiger partial charge is 0.405 e. The molecule has 10 heteroatoms. The second kappa shape index (κ2) is 12.8. The molecule has 6 atom stereocenters. The lowest BCUT2D eigenvalue weighted by atomic mass is 10.4. The molecule has 0 amide bonds. The third-order valence-corrected chi connectivity index (χ3v) is 20.0. The van der Waals surface area contributed by atoms with Gasteiger partial charge in [0.25, 0.3) is 0 Å². The van der Waals surface area contributed by atoms with Gasteiger partial charge >= 0.3 is 15.1 Å². The van der Waals surface area contributed by atoms with Gasteiger partial charge in [-0.2, -0.15) is 0 Å². The Morgan fingerprint density at radius 3 is 0.929 bits per heavy atom. The summed E-state index contributed by atoms with van der Waals surface area (Å²) >= 11 is -3.16. The van der Waals surface area contributed by atoms with Gasteiger partial charge in [0.2, 0.25) is 0 Å². The zero-order chi connectivity index (χ0) is 22.2. The highest BCUT2D eigenvalue weighted by molar-refractivity contribution is 7.64. The first-order valence-electron chi connectivity index (χ1n) is 10.7. The number of rotatable bonds is 15. The lowest BCUT2D eigenvalue weighted by molar-refractivity contribution is 0.297. The molecule has 0 saturated heterocycles. The van der Waals surface area contributed by atoms with Crippen LogP contribution in [-0.2, 0) is 24.4 Å². The Balaban J connectivity index is 6.00.